The van der Waals surface area contributed by atoms with Crippen LogP contribution in [-0.4, -0.2) is 5.78 Å². The highest BCUT2D eigenvalue weighted by atomic mass is 16.1. The molecule has 1 nitrogen and oxygen atoms in total. The Hall–Kier alpha value is -1.37. The summed E-state index contributed by atoms with van der Waals surface area (Å²) in [6, 6.07) is 10.4. The lowest BCUT2D eigenvalue weighted by Gasteiger charge is -2.34. The molecule has 0 amide bonds. The average Bonchev–Trinajstić information content (AvgIpc) is 2.26. The SMILES string of the molecule is CC1(C)C=CC(=O)CC1Cc1ccccc1. The van der Waals surface area contributed by atoms with Gasteiger partial charge in [0.2, 0.25) is 0 Å². The fourth-order valence-corrected chi connectivity index (χ4v) is 2.25. The first-order valence-corrected chi connectivity index (χ1v) is 5.84. The number of allylic oxidation sites excluding steroid dienone is 2. The van der Waals surface area contributed by atoms with E-state index in [9.17, 15) is 4.79 Å². The Balaban J connectivity index is 2.16. The van der Waals surface area contributed by atoms with Crippen LogP contribution < -0.4 is 0 Å². The van der Waals surface area contributed by atoms with Crippen LogP contribution >= 0.6 is 0 Å². The van der Waals surface area contributed by atoms with Crippen molar-refractivity contribution in [3.05, 3.63) is 48.0 Å². The highest BCUT2D eigenvalue weighted by Gasteiger charge is 2.31. The van der Waals surface area contributed by atoms with Crippen LogP contribution in [-0.2, 0) is 11.2 Å². The Bertz CT molecular complexity index is 401. The van der Waals surface area contributed by atoms with E-state index in [1.807, 2.05) is 6.07 Å². The minimum atomic E-state index is 0.129. The summed E-state index contributed by atoms with van der Waals surface area (Å²) in [5, 5.41) is 0. The summed E-state index contributed by atoms with van der Waals surface area (Å²) in [6.45, 7) is 4.42. The normalized spacial score (nSPS) is 23.4. The van der Waals surface area contributed by atoms with Crippen LogP contribution in [0.5, 0.6) is 0 Å². The van der Waals surface area contributed by atoms with E-state index in [2.05, 4.69) is 44.2 Å². The Morgan fingerprint density at radius 1 is 1.25 bits per heavy atom. The maximum Gasteiger partial charge on any atom is 0.155 e. The second-order valence-electron chi connectivity index (χ2n) is 5.21. The summed E-state index contributed by atoms with van der Waals surface area (Å²) in [6.07, 6.45) is 5.47. The zero-order chi connectivity index (χ0) is 11.6. The number of rotatable bonds is 2. The first-order chi connectivity index (χ1) is 7.58. The zero-order valence-corrected chi connectivity index (χ0v) is 9.94. The number of carbonyl (C=O) groups excluding carboxylic acids is 1. The minimum Gasteiger partial charge on any atom is -0.295 e. The number of benzene rings is 1. The summed E-state index contributed by atoms with van der Waals surface area (Å²) < 4.78 is 0. The van der Waals surface area contributed by atoms with Crippen molar-refractivity contribution in [1.29, 1.82) is 0 Å². The second kappa shape index (κ2) is 4.25. The molecule has 0 heterocycles. The highest BCUT2D eigenvalue weighted by molar-refractivity contribution is 5.90. The summed E-state index contributed by atoms with van der Waals surface area (Å²) in [5.41, 5.74) is 1.45. The van der Waals surface area contributed by atoms with E-state index in [1.54, 1.807) is 6.08 Å². The fourth-order valence-electron chi connectivity index (χ4n) is 2.25. The van der Waals surface area contributed by atoms with Gasteiger partial charge in [-0.25, -0.2) is 0 Å². The minimum absolute atomic E-state index is 0.129. The number of hydrogen-bond donors (Lipinski definition) is 0. The van der Waals surface area contributed by atoms with Gasteiger partial charge in [0, 0.05) is 6.42 Å². The first kappa shape index (κ1) is 11.1. The fraction of sp³-hybridized carbons (Fsp3) is 0.400. The lowest BCUT2D eigenvalue weighted by Crippen LogP contribution is -2.29. The van der Waals surface area contributed by atoms with Gasteiger partial charge in [-0.3, -0.25) is 4.79 Å². The summed E-state index contributed by atoms with van der Waals surface area (Å²) >= 11 is 0. The van der Waals surface area contributed by atoms with Crippen molar-refractivity contribution >= 4 is 5.78 Å². The van der Waals surface area contributed by atoms with Gasteiger partial charge in [0.1, 0.15) is 0 Å². The number of ketones is 1. The molecule has 0 N–H and O–H groups in total. The Morgan fingerprint density at radius 2 is 1.94 bits per heavy atom. The van der Waals surface area contributed by atoms with E-state index in [1.165, 1.54) is 5.56 Å². The number of carbonyl (C=O) groups is 1. The number of hydrogen-bond acceptors (Lipinski definition) is 1. The molecule has 1 aliphatic carbocycles. The average molecular weight is 214 g/mol. The van der Waals surface area contributed by atoms with Crippen LogP contribution in [0.4, 0.5) is 0 Å². The van der Waals surface area contributed by atoms with Gasteiger partial charge in [-0.2, -0.15) is 0 Å². The lowest BCUT2D eigenvalue weighted by molar-refractivity contribution is -0.116. The monoisotopic (exact) mass is 214 g/mol. The molecule has 0 bridgehead atoms. The van der Waals surface area contributed by atoms with E-state index in [-0.39, 0.29) is 11.2 Å². The molecule has 1 aromatic carbocycles. The topological polar surface area (TPSA) is 17.1 Å². The van der Waals surface area contributed by atoms with E-state index in [0.29, 0.717) is 12.3 Å². The molecule has 1 aromatic rings. The lowest BCUT2D eigenvalue weighted by atomic mass is 9.70. The summed E-state index contributed by atoms with van der Waals surface area (Å²) in [7, 11) is 0. The first-order valence-electron chi connectivity index (χ1n) is 5.84. The van der Waals surface area contributed by atoms with Crippen molar-refractivity contribution in [3.63, 3.8) is 0 Å². The van der Waals surface area contributed by atoms with Crippen molar-refractivity contribution in [2.75, 3.05) is 0 Å². The smallest absolute Gasteiger partial charge is 0.155 e. The molecule has 1 aliphatic rings. The molecule has 0 spiro atoms. The molecule has 1 atom stereocenters. The third kappa shape index (κ3) is 2.41. The standard InChI is InChI=1S/C15H18O/c1-15(2)9-8-14(16)11-13(15)10-12-6-4-3-5-7-12/h3-9,13H,10-11H2,1-2H3. The van der Waals surface area contributed by atoms with Crippen LogP contribution in [0.3, 0.4) is 0 Å². The molecule has 0 fully saturated rings. The van der Waals surface area contributed by atoms with Crippen LogP contribution in [0.1, 0.15) is 25.8 Å². The van der Waals surface area contributed by atoms with Crippen LogP contribution in [0.2, 0.25) is 0 Å². The maximum absolute atomic E-state index is 11.5. The van der Waals surface area contributed by atoms with Crippen molar-refractivity contribution < 1.29 is 4.79 Å². The summed E-state index contributed by atoms with van der Waals surface area (Å²) in [4.78, 5) is 11.5. The molecule has 0 aromatic heterocycles. The molecule has 0 aliphatic heterocycles. The van der Waals surface area contributed by atoms with Crippen LogP contribution in [0, 0.1) is 11.3 Å². The van der Waals surface area contributed by atoms with E-state index in [4.69, 9.17) is 0 Å². The van der Waals surface area contributed by atoms with Crippen molar-refractivity contribution in [1.82, 2.24) is 0 Å². The van der Waals surface area contributed by atoms with Gasteiger partial charge in [-0.15, -0.1) is 0 Å². The van der Waals surface area contributed by atoms with Gasteiger partial charge < -0.3 is 0 Å². The van der Waals surface area contributed by atoms with Crippen LogP contribution in [0.25, 0.3) is 0 Å². The Labute approximate surface area is 97.2 Å². The van der Waals surface area contributed by atoms with Gasteiger partial charge >= 0.3 is 0 Å². The highest BCUT2D eigenvalue weighted by Crippen LogP contribution is 2.36. The molecule has 84 valence electrons. The molecule has 0 saturated carbocycles. The van der Waals surface area contributed by atoms with Crippen molar-refractivity contribution in [2.24, 2.45) is 11.3 Å². The quantitative estimate of drug-likeness (QED) is 0.737. The summed E-state index contributed by atoms with van der Waals surface area (Å²) in [5.74, 6) is 0.688. The van der Waals surface area contributed by atoms with Gasteiger partial charge in [0.05, 0.1) is 0 Å². The van der Waals surface area contributed by atoms with Gasteiger partial charge in [-0.05, 0) is 29.4 Å². The Kier molecular flexibility index (Phi) is 2.95. The molecule has 1 unspecified atom stereocenters. The maximum atomic E-state index is 11.5. The van der Waals surface area contributed by atoms with Crippen molar-refractivity contribution in [3.8, 4) is 0 Å². The molecule has 1 heteroatoms. The molecule has 0 saturated heterocycles. The Morgan fingerprint density at radius 3 is 2.62 bits per heavy atom. The molecule has 0 radical (unpaired) electrons. The molecular formula is C15H18O. The third-order valence-electron chi connectivity index (χ3n) is 3.52. The predicted molar refractivity (Wildman–Crippen MR) is 66.2 cm³/mol. The largest absolute Gasteiger partial charge is 0.295 e. The molecule has 2 rings (SSSR count). The van der Waals surface area contributed by atoms with Gasteiger partial charge in [0.25, 0.3) is 0 Å². The van der Waals surface area contributed by atoms with Gasteiger partial charge in [0.15, 0.2) is 5.78 Å². The zero-order valence-electron chi connectivity index (χ0n) is 9.94. The van der Waals surface area contributed by atoms with Crippen molar-refractivity contribution in [2.45, 2.75) is 26.7 Å². The van der Waals surface area contributed by atoms with Crippen LogP contribution in [0.15, 0.2) is 42.5 Å². The predicted octanol–water partition coefficient (Wildman–Crippen LogP) is 3.40. The second-order valence-corrected chi connectivity index (χ2v) is 5.21. The molecular weight excluding hydrogens is 196 g/mol. The van der Waals surface area contributed by atoms with E-state index in [0.717, 1.165) is 6.42 Å². The molecule has 16 heavy (non-hydrogen) atoms. The van der Waals surface area contributed by atoms with E-state index >= 15 is 0 Å². The van der Waals surface area contributed by atoms with E-state index < -0.39 is 0 Å². The van der Waals surface area contributed by atoms with Gasteiger partial charge in [-0.1, -0.05) is 50.3 Å². The third-order valence-corrected chi connectivity index (χ3v) is 3.52.